The highest BCUT2D eigenvalue weighted by Gasteiger charge is 2.46. The molecule has 0 atom stereocenters. The number of nitrogens with zero attached hydrogens (tertiary/aromatic N) is 2. The number of rotatable bonds is 4. The third-order valence-electron chi connectivity index (χ3n) is 6.00. The zero-order chi connectivity index (χ0) is 18.8. The summed E-state index contributed by atoms with van der Waals surface area (Å²) < 4.78 is 0.833. The topological polar surface area (TPSA) is 7.60 Å². The highest BCUT2D eigenvalue weighted by atomic mass is 35.5. The number of piperidine rings is 1. The molecule has 0 bridgehead atoms. The summed E-state index contributed by atoms with van der Waals surface area (Å²) in [4.78, 5) is 7.52. The smallest absolute Gasteiger partial charge is 0.220 e. The van der Waals surface area contributed by atoms with E-state index in [9.17, 15) is 0 Å². The summed E-state index contributed by atoms with van der Waals surface area (Å²) in [5, 5.41) is 0. The standard InChI is InChI=1S/C22H27ClN2S/c1-21(2,3)22(16-24-4)11-13-25(14-12-22)15-17-5-7-18(8-6-17)19-9-10-20(23)26-19/h5-10H,11-16H2,1-3H3. The van der Waals surface area contributed by atoms with Crippen molar-refractivity contribution >= 4 is 22.9 Å². The summed E-state index contributed by atoms with van der Waals surface area (Å²) in [5.74, 6) is 0. The molecule has 0 spiro atoms. The van der Waals surface area contributed by atoms with Gasteiger partial charge < -0.3 is 4.85 Å². The zero-order valence-electron chi connectivity index (χ0n) is 15.9. The number of likely N-dealkylation sites (tertiary alicyclic amines) is 1. The van der Waals surface area contributed by atoms with Gasteiger partial charge in [0.2, 0.25) is 6.54 Å². The van der Waals surface area contributed by atoms with Crippen LogP contribution in [0.1, 0.15) is 39.2 Å². The SMILES string of the molecule is [C-]#[N+]CC1(C(C)(C)C)CCN(Cc2ccc(-c3ccc(Cl)s3)cc2)CC1. The van der Waals surface area contributed by atoms with Gasteiger partial charge in [0.05, 0.1) is 4.34 Å². The van der Waals surface area contributed by atoms with Crippen LogP contribution in [0.3, 0.4) is 0 Å². The van der Waals surface area contributed by atoms with Crippen molar-refractivity contribution in [3.63, 3.8) is 0 Å². The van der Waals surface area contributed by atoms with Gasteiger partial charge in [-0.3, -0.25) is 4.90 Å². The van der Waals surface area contributed by atoms with Crippen LogP contribution < -0.4 is 0 Å². The molecule has 2 heterocycles. The maximum absolute atomic E-state index is 7.37. The van der Waals surface area contributed by atoms with Crippen molar-refractivity contribution in [2.24, 2.45) is 10.8 Å². The number of hydrogen-bond acceptors (Lipinski definition) is 2. The van der Waals surface area contributed by atoms with E-state index >= 15 is 0 Å². The minimum Gasteiger partial charge on any atom is -0.316 e. The van der Waals surface area contributed by atoms with E-state index in [1.807, 2.05) is 6.07 Å². The summed E-state index contributed by atoms with van der Waals surface area (Å²) in [6.45, 7) is 18.1. The lowest BCUT2D eigenvalue weighted by molar-refractivity contribution is 0.0173. The van der Waals surface area contributed by atoms with Crippen LogP contribution in [0.2, 0.25) is 4.34 Å². The largest absolute Gasteiger partial charge is 0.316 e. The van der Waals surface area contributed by atoms with Crippen molar-refractivity contribution in [1.82, 2.24) is 4.90 Å². The third-order valence-corrected chi connectivity index (χ3v) is 7.28. The van der Waals surface area contributed by atoms with Crippen molar-refractivity contribution in [2.45, 2.75) is 40.2 Å². The Morgan fingerprint density at radius 3 is 2.27 bits per heavy atom. The first-order chi connectivity index (χ1) is 12.3. The van der Waals surface area contributed by atoms with Crippen LogP contribution in [0.5, 0.6) is 0 Å². The first-order valence-corrected chi connectivity index (χ1v) is 10.4. The summed E-state index contributed by atoms with van der Waals surface area (Å²) in [6.07, 6.45) is 2.23. The van der Waals surface area contributed by atoms with Crippen LogP contribution in [-0.4, -0.2) is 24.5 Å². The van der Waals surface area contributed by atoms with Gasteiger partial charge in [0.15, 0.2) is 0 Å². The predicted molar refractivity (Wildman–Crippen MR) is 113 cm³/mol. The van der Waals surface area contributed by atoms with Gasteiger partial charge in [-0.1, -0.05) is 56.6 Å². The average Bonchev–Trinajstić information content (AvgIpc) is 3.03. The quantitative estimate of drug-likeness (QED) is 0.536. The van der Waals surface area contributed by atoms with E-state index < -0.39 is 0 Å². The van der Waals surface area contributed by atoms with Crippen LogP contribution >= 0.6 is 22.9 Å². The van der Waals surface area contributed by atoms with Crippen LogP contribution in [0.25, 0.3) is 15.3 Å². The second-order valence-corrected chi connectivity index (χ2v) is 10.1. The molecular weight excluding hydrogens is 360 g/mol. The fourth-order valence-corrected chi connectivity index (χ4v) is 4.99. The van der Waals surface area contributed by atoms with E-state index in [-0.39, 0.29) is 10.8 Å². The molecule has 1 aromatic carbocycles. The fraction of sp³-hybridized carbons (Fsp3) is 0.500. The van der Waals surface area contributed by atoms with Gasteiger partial charge in [-0.15, -0.1) is 11.3 Å². The highest BCUT2D eigenvalue weighted by Crippen LogP contribution is 2.47. The molecule has 1 aliphatic heterocycles. The second-order valence-electron chi connectivity index (χ2n) is 8.42. The molecule has 138 valence electrons. The molecule has 0 amide bonds. The molecule has 2 nitrogen and oxygen atoms in total. The Hall–Kier alpha value is -1.34. The van der Waals surface area contributed by atoms with Gasteiger partial charge in [-0.2, -0.15) is 0 Å². The molecule has 0 radical (unpaired) electrons. The van der Waals surface area contributed by atoms with Crippen molar-refractivity contribution in [1.29, 1.82) is 0 Å². The lowest BCUT2D eigenvalue weighted by Crippen LogP contribution is -2.47. The molecule has 26 heavy (non-hydrogen) atoms. The molecule has 1 aromatic heterocycles. The molecular formula is C22H27ClN2S. The molecule has 3 rings (SSSR count). The van der Waals surface area contributed by atoms with Crippen LogP contribution in [0.4, 0.5) is 0 Å². The van der Waals surface area contributed by atoms with Crippen LogP contribution in [-0.2, 0) is 6.54 Å². The van der Waals surface area contributed by atoms with Gasteiger partial charge in [0, 0.05) is 16.8 Å². The molecule has 4 heteroatoms. The van der Waals surface area contributed by atoms with Crippen LogP contribution in [0.15, 0.2) is 36.4 Å². The monoisotopic (exact) mass is 386 g/mol. The number of hydrogen-bond donors (Lipinski definition) is 0. The van der Waals surface area contributed by atoms with E-state index in [1.165, 1.54) is 16.0 Å². The molecule has 1 saturated heterocycles. The summed E-state index contributed by atoms with van der Waals surface area (Å²) >= 11 is 7.66. The lowest BCUT2D eigenvalue weighted by Gasteiger charge is -2.46. The minimum absolute atomic E-state index is 0.160. The Kier molecular flexibility index (Phi) is 5.77. The zero-order valence-corrected chi connectivity index (χ0v) is 17.5. The Labute approximate surface area is 166 Å². The maximum atomic E-state index is 7.37. The van der Waals surface area contributed by atoms with Crippen molar-refractivity contribution in [2.75, 3.05) is 19.6 Å². The second kappa shape index (κ2) is 7.72. The van der Waals surface area contributed by atoms with Crippen LogP contribution in [0, 0.1) is 17.4 Å². The van der Waals surface area contributed by atoms with E-state index in [1.54, 1.807) is 11.3 Å². The normalized spacial score (nSPS) is 17.8. The first kappa shape index (κ1) is 19.4. The van der Waals surface area contributed by atoms with Gasteiger partial charge in [0.25, 0.3) is 0 Å². The van der Waals surface area contributed by atoms with Gasteiger partial charge in [0.1, 0.15) is 0 Å². The third kappa shape index (κ3) is 4.14. The van der Waals surface area contributed by atoms with Gasteiger partial charge >= 0.3 is 0 Å². The van der Waals surface area contributed by atoms with E-state index in [4.69, 9.17) is 18.2 Å². The van der Waals surface area contributed by atoms with E-state index in [2.05, 4.69) is 60.8 Å². The molecule has 0 N–H and O–H groups in total. The van der Waals surface area contributed by atoms with E-state index in [0.717, 1.165) is 36.8 Å². The first-order valence-electron chi connectivity index (χ1n) is 9.23. The van der Waals surface area contributed by atoms with Crippen molar-refractivity contribution in [3.8, 4) is 10.4 Å². The summed E-state index contributed by atoms with van der Waals surface area (Å²) in [5.41, 5.74) is 2.93. The van der Waals surface area contributed by atoms with Crippen molar-refractivity contribution < 1.29 is 0 Å². The Morgan fingerprint density at radius 2 is 1.77 bits per heavy atom. The molecule has 0 saturated carbocycles. The lowest BCUT2D eigenvalue weighted by atomic mass is 9.61. The number of halogens is 1. The Morgan fingerprint density at radius 1 is 1.12 bits per heavy atom. The molecule has 2 aromatic rings. The average molecular weight is 387 g/mol. The van der Waals surface area contributed by atoms with Crippen molar-refractivity contribution in [3.05, 3.63) is 57.7 Å². The molecule has 0 unspecified atom stereocenters. The summed E-state index contributed by atoms with van der Waals surface area (Å²) in [7, 11) is 0. The molecule has 1 fully saturated rings. The Balaban J connectivity index is 1.62. The maximum Gasteiger partial charge on any atom is 0.220 e. The molecule has 0 aliphatic carbocycles. The predicted octanol–water partition coefficient (Wildman–Crippen LogP) is 6.62. The van der Waals surface area contributed by atoms with E-state index in [0.29, 0.717) is 6.54 Å². The minimum atomic E-state index is 0.160. The van der Waals surface area contributed by atoms with Gasteiger partial charge in [-0.25, -0.2) is 6.57 Å². The Bertz CT molecular complexity index is 772. The number of thiophene rings is 1. The fourth-order valence-electron chi connectivity index (χ4n) is 3.94. The van der Waals surface area contributed by atoms with Gasteiger partial charge in [-0.05, 0) is 54.6 Å². The highest BCUT2D eigenvalue weighted by molar-refractivity contribution is 7.19. The molecule has 1 aliphatic rings. The number of benzene rings is 1. The summed E-state index contributed by atoms with van der Waals surface area (Å²) in [6, 6.07) is 12.9.